The van der Waals surface area contributed by atoms with Crippen molar-refractivity contribution < 1.29 is 46.9 Å². The van der Waals surface area contributed by atoms with Gasteiger partial charge in [-0.25, -0.2) is 14.4 Å². The van der Waals surface area contributed by atoms with E-state index in [4.69, 9.17) is 42.6 Å². The molecule has 2 saturated heterocycles. The van der Waals surface area contributed by atoms with Crippen molar-refractivity contribution >= 4 is 41.1 Å². The van der Waals surface area contributed by atoms with Gasteiger partial charge >= 0.3 is 28.3 Å². The molecule has 2 fully saturated rings. The van der Waals surface area contributed by atoms with E-state index >= 15 is 0 Å². The van der Waals surface area contributed by atoms with Crippen LogP contribution in [0.3, 0.4) is 0 Å². The van der Waals surface area contributed by atoms with Crippen LogP contribution in [0.4, 0.5) is 23.8 Å². The van der Waals surface area contributed by atoms with E-state index in [2.05, 4.69) is 9.72 Å². The molecule has 3 heterocycles. The van der Waals surface area contributed by atoms with Gasteiger partial charge in [-0.1, -0.05) is 23.2 Å². The number of nitrogens with one attached hydrogen (secondary N) is 1. The van der Waals surface area contributed by atoms with Crippen LogP contribution in [0.2, 0.25) is 0 Å². The lowest BCUT2D eigenvalue weighted by Gasteiger charge is -2.22. The Morgan fingerprint density at radius 1 is 1.31 bits per heavy atom. The number of anilines is 1. The van der Waals surface area contributed by atoms with Crippen LogP contribution in [-0.4, -0.2) is 62.3 Å². The zero-order valence-electron chi connectivity index (χ0n) is 13.8. The Hall–Kier alpha value is -2.29. The van der Waals surface area contributed by atoms with Gasteiger partial charge in [0.25, 0.3) is 0 Å². The van der Waals surface area contributed by atoms with Crippen molar-refractivity contribution in [3.63, 3.8) is 0 Å². The van der Waals surface area contributed by atoms with Crippen molar-refractivity contribution in [2.75, 3.05) is 12.1 Å². The maximum Gasteiger partial charge on any atom is 0.509 e. The molecule has 1 aromatic heterocycles. The highest BCUT2D eigenvalue weighted by atomic mass is 35.5. The number of hydrogen-bond donors (Lipinski definition) is 2. The summed E-state index contributed by atoms with van der Waals surface area (Å²) >= 11 is 9.98. The van der Waals surface area contributed by atoms with Crippen molar-refractivity contribution in [2.24, 2.45) is 0 Å². The van der Waals surface area contributed by atoms with Gasteiger partial charge in [0.2, 0.25) is 0 Å². The second-order valence-corrected chi connectivity index (χ2v) is 7.09. The molecule has 3 rings (SSSR count). The molecule has 160 valence electrons. The quantitative estimate of drug-likeness (QED) is 0.371. The topological polar surface area (TPSA) is 138 Å². The molecular formula is C13H10Cl2F3N3O8. The lowest BCUT2D eigenvalue weighted by atomic mass is 10.1. The molecule has 0 aliphatic carbocycles. The number of hydrogen-bond acceptors (Lipinski definition) is 10. The van der Waals surface area contributed by atoms with Crippen LogP contribution >= 0.6 is 23.2 Å². The molecule has 16 heteroatoms. The molecule has 2 aliphatic heterocycles. The van der Waals surface area contributed by atoms with E-state index in [0.717, 1.165) is 10.8 Å². The Kier molecular flexibility index (Phi) is 5.55. The number of aromatic nitrogens is 2. The summed E-state index contributed by atoms with van der Waals surface area (Å²) in [6.07, 6.45) is -10.3. The monoisotopic (exact) mass is 463 g/mol. The summed E-state index contributed by atoms with van der Waals surface area (Å²) in [7, 11) is 0. The third kappa shape index (κ3) is 3.92. The minimum absolute atomic E-state index is 0.182. The maximum atomic E-state index is 12.7. The third-order valence-electron chi connectivity index (χ3n) is 3.96. The van der Waals surface area contributed by atoms with Crippen molar-refractivity contribution in [1.29, 1.82) is 0 Å². The predicted octanol–water partition coefficient (Wildman–Crippen LogP) is 1.13. The van der Waals surface area contributed by atoms with Gasteiger partial charge < -0.3 is 18.9 Å². The van der Waals surface area contributed by atoms with Gasteiger partial charge in [-0.05, 0) is 6.07 Å². The first kappa shape index (κ1) is 21.4. The molecule has 2 N–H and O–H groups in total. The first-order valence-electron chi connectivity index (χ1n) is 7.59. The molecule has 1 aromatic rings. The van der Waals surface area contributed by atoms with Gasteiger partial charge in [-0.15, -0.1) is 0 Å². The van der Waals surface area contributed by atoms with Crippen molar-refractivity contribution in [1.82, 2.24) is 9.55 Å². The summed E-state index contributed by atoms with van der Waals surface area (Å²) in [5.74, 6) is -2.20. The standard InChI is InChI=1S/C13H10Cl2F3N3O8/c14-12(15,13(16,17)18)9(22)26-3-4-6-7(29-11(24)28-6)8(27-4)21-2-1-5(20-25)19-10(21)23/h1-2,4,6-8,25H,3H2,(H,19,20,23)/t4-,6-,7-,8-/m1/s1. The second-order valence-electron chi connectivity index (χ2n) is 5.77. The molecule has 0 aromatic carbocycles. The van der Waals surface area contributed by atoms with Crippen molar-refractivity contribution in [2.45, 2.75) is 35.0 Å². The number of ether oxygens (including phenoxy) is 4. The fourth-order valence-corrected chi connectivity index (χ4v) is 2.73. The molecule has 0 bridgehead atoms. The van der Waals surface area contributed by atoms with Crippen LogP contribution in [0, 0.1) is 0 Å². The summed E-state index contributed by atoms with van der Waals surface area (Å²) in [5, 5.41) is 8.76. The average Bonchev–Trinajstić information content (AvgIpc) is 3.16. The van der Waals surface area contributed by atoms with E-state index in [1.807, 2.05) is 0 Å². The van der Waals surface area contributed by atoms with Gasteiger partial charge in [-0.3, -0.25) is 15.3 Å². The zero-order valence-corrected chi connectivity index (χ0v) is 15.3. The lowest BCUT2D eigenvalue weighted by molar-refractivity contribution is -0.179. The first-order chi connectivity index (χ1) is 13.5. The van der Waals surface area contributed by atoms with Gasteiger partial charge in [0, 0.05) is 6.20 Å². The average molecular weight is 464 g/mol. The smallest absolute Gasteiger partial charge is 0.460 e. The number of alkyl halides is 5. The lowest BCUT2D eigenvalue weighted by Crippen LogP contribution is -2.44. The largest absolute Gasteiger partial charge is 0.509 e. The van der Waals surface area contributed by atoms with Crippen molar-refractivity contribution in [3.8, 4) is 0 Å². The number of carbonyl (C=O) groups excluding carboxylic acids is 2. The highest BCUT2D eigenvalue weighted by Gasteiger charge is 2.61. The van der Waals surface area contributed by atoms with E-state index < -0.39 is 59.5 Å². The minimum Gasteiger partial charge on any atom is -0.460 e. The predicted molar refractivity (Wildman–Crippen MR) is 84.4 cm³/mol. The van der Waals surface area contributed by atoms with Gasteiger partial charge in [0.15, 0.2) is 24.3 Å². The molecule has 11 nitrogen and oxygen atoms in total. The summed E-state index contributed by atoms with van der Waals surface area (Å²) < 4.78 is 54.8. The number of nitrogens with zero attached hydrogens (tertiary/aromatic N) is 2. The molecule has 0 amide bonds. The molecule has 29 heavy (non-hydrogen) atoms. The van der Waals surface area contributed by atoms with Crippen LogP contribution in [-0.2, 0) is 23.7 Å². The van der Waals surface area contributed by atoms with Crippen LogP contribution < -0.4 is 11.2 Å². The minimum atomic E-state index is -5.31. The van der Waals surface area contributed by atoms with Crippen LogP contribution in [0.25, 0.3) is 0 Å². The molecule has 0 spiro atoms. The van der Waals surface area contributed by atoms with Gasteiger partial charge in [0.05, 0.1) is 0 Å². The van der Waals surface area contributed by atoms with Crippen molar-refractivity contribution in [3.05, 3.63) is 22.7 Å². The molecule has 2 aliphatic rings. The number of carbonyl (C=O) groups is 2. The Labute approximate surface area is 168 Å². The molecule has 0 radical (unpaired) electrons. The fourth-order valence-electron chi connectivity index (χ4n) is 2.62. The SMILES string of the molecule is O=C1O[C@@H]2[C@H](O1)[C@@H](COC(=O)C(Cl)(Cl)C(F)(F)F)O[C@H]2n1ccc(NO)nc1=O. The highest BCUT2D eigenvalue weighted by Crippen LogP contribution is 2.42. The van der Waals surface area contributed by atoms with E-state index in [1.165, 1.54) is 6.07 Å². The Bertz CT molecular complexity index is 880. The van der Waals surface area contributed by atoms with Crippen LogP contribution in [0.5, 0.6) is 0 Å². The van der Waals surface area contributed by atoms with E-state index in [0.29, 0.717) is 0 Å². The number of esters is 1. The zero-order chi connectivity index (χ0) is 21.6. The Morgan fingerprint density at radius 2 is 1.97 bits per heavy atom. The molecular weight excluding hydrogens is 454 g/mol. The van der Waals surface area contributed by atoms with E-state index in [9.17, 15) is 27.6 Å². The fraction of sp³-hybridized carbons (Fsp3) is 0.538. The van der Waals surface area contributed by atoms with Crippen LogP contribution in [0.15, 0.2) is 17.1 Å². The highest BCUT2D eigenvalue weighted by molar-refractivity contribution is 6.58. The van der Waals surface area contributed by atoms with Gasteiger partial charge in [-0.2, -0.15) is 18.2 Å². The number of halogens is 5. The number of fused-ring (bicyclic) bond motifs is 1. The maximum absolute atomic E-state index is 12.7. The Balaban J connectivity index is 1.77. The summed E-state index contributed by atoms with van der Waals surface area (Å²) in [5.41, 5.74) is 0.732. The second kappa shape index (κ2) is 7.51. The normalized spacial score (nSPS) is 26.5. The number of rotatable bonds is 5. The first-order valence-corrected chi connectivity index (χ1v) is 8.35. The molecule has 0 unspecified atom stereocenters. The summed E-state index contributed by atoms with van der Waals surface area (Å²) in [6, 6.07) is 1.18. The van der Waals surface area contributed by atoms with Gasteiger partial charge in [0.1, 0.15) is 12.7 Å². The Morgan fingerprint density at radius 3 is 2.55 bits per heavy atom. The molecule has 0 saturated carbocycles. The molecule has 4 atom stereocenters. The third-order valence-corrected chi connectivity index (χ3v) is 4.70. The van der Waals surface area contributed by atoms with E-state index in [-0.39, 0.29) is 5.82 Å². The summed E-state index contributed by atoms with van der Waals surface area (Å²) in [6.45, 7) is -0.844. The summed E-state index contributed by atoms with van der Waals surface area (Å²) in [4.78, 5) is 38.6. The van der Waals surface area contributed by atoms with Crippen LogP contribution in [0.1, 0.15) is 6.23 Å². The van der Waals surface area contributed by atoms with E-state index in [1.54, 1.807) is 5.48 Å².